The molecule has 2 aromatic rings. The average molecular weight is 455 g/mol. The molecule has 0 saturated heterocycles. The summed E-state index contributed by atoms with van der Waals surface area (Å²) < 4.78 is -0.0619. The van der Waals surface area contributed by atoms with E-state index in [1.54, 1.807) is 13.8 Å². The number of hydrogen-bond donors (Lipinski definition) is 1. The third-order valence-corrected chi connectivity index (χ3v) is 7.17. The molecule has 7 heteroatoms. The normalized spacial score (nSPS) is 11.6. The molecule has 0 aliphatic carbocycles. The topological polar surface area (TPSA) is 53.4 Å². The van der Waals surface area contributed by atoms with Gasteiger partial charge in [0.05, 0.1) is 5.69 Å². The summed E-state index contributed by atoms with van der Waals surface area (Å²) in [5, 5.41) is 12.1. The predicted molar refractivity (Wildman–Crippen MR) is 126 cm³/mol. The lowest BCUT2D eigenvalue weighted by atomic mass is 10.1. The van der Waals surface area contributed by atoms with Crippen LogP contribution < -0.4 is 4.90 Å². The predicted octanol–water partition coefficient (Wildman–Crippen LogP) is 6.77. The van der Waals surface area contributed by atoms with Gasteiger partial charge in [-0.15, -0.1) is 11.3 Å². The van der Waals surface area contributed by atoms with Gasteiger partial charge < -0.3 is 10.0 Å². The lowest BCUT2D eigenvalue weighted by Crippen LogP contribution is -2.27. The zero-order valence-corrected chi connectivity index (χ0v) is 19.9. The molecular formula is C22H31ClN2O2S2. The number of nitrogens with zero attached hydrogens (tertiary/aromatic N) is 2. The molecule has 0 radical (unpaired) electrons. The Morgan fingerprint density at radius 3 is 2.52 bits per heavy atom. The van der Waals surface area contributed by atoms with Crippen LogP contribution in [0.2, 0.25) is 5.02 Å². The van der Waals surface area contributed by atoms with Gasteiger partial charge in [0.25, 0.3) is 0 Å². The molecule has 29 heavy (non-hydrogen) atoms. The summed E-state index contributed by atoms with van der Waals surface area (Å²) in [4.78, 5) is 18.4. The molecule has 1 aromatic heterocycles. The molecule has 0 fully saturated rings. The van der Waals surface area contributed by atoms with Crippen LogP contribution in [0.3, 0.4) is 0 Å². The highest BCUT2D eigenvalue weighted by Gasteiger charge is 2.29. The Morgan fingerprint density at radius 2 is 1.86 bits per heavy atom. The summed E-state index contributed by atoms with van der Waals surface area (Å²) in [6.07, 6.45) is 7.10. The number of thioether (sulfide) groups is 1. The molecule has 0 bridgehead atoms. The Hall–Kier alpha value is -1.24. The lowest BCUT2D eigenvalue weighted by Gasteiger charge is -2.25. The van der Waals surface area contributed by atoms with Crippen LogP contribution in [0.4, 0.5) is 5.69 Å². The Balaban J connectivity index is 1.96. The second-order valence-corrected chi connectivity index (χ2v) is 10.8. The van der Waals surface area contributed by atoms with Crippen LogP contribution in [0.15, 0.2) is 34.0 Å². The number of hydrogen-bond acceptors (Lipinski definition) is 5. The van der Waals surface area contributed by atoms with Gasteiger partial charge in [0, 0.05) is 35.6 Å². The van der Waals surface area contributed by atoms with Gasteiger partial charge in [-0.05, 0) is 44.5 Å². The smallest absolute Gasteiger partial charge is 0.319 e. The highest BCUT2D eigenvalue weighted by Crippen LogP contribution is 2.34. The van der Waals surface area contributed by atoms with Crippen molar-refractivity contribution in [3.05, 3.63) is 40.4 Å². The number of carboxylic acid groups (broad SMARTS) is 1. The number of benzene rings is 1. The zero-order chi connectivity index (χ0) is 21.3. The number of carboxylic acids is 1. The van der Waals surface area contributed by atoms with Crippen molar-refractivity contribution in [1.82, 2.24) is 4.98 Å². The maximum absolute atomic E-state index is 11.3. The maximum Gasteiger partial charge on any atom is 0.319 e. The molecule has 0 unspecified atom stereocenters. The first-order chi connectivity index (χ1) is 13.8. The minimum Gasteiger partial charge on any atom is -0.480 e. The maximum atomic E-state index is 11.3. The summed E-state index contributed by atoms with van der Waals surface area (Å²) in [6, 6.07) is 8.03. The number of unbranched alkanes of at least 4 members (excludes halogenated alkanes) is 4. The summed E-state index contributed by atoms with van der Waals surface area (Å²) >= 11 is 8.89. The first kappa shape index (κ1) is 24.0. The van der Waals surface area contributed by atoms with E-state index in [0.29, 0.717) is 0 Å². The fourth-order valence-corrected chi connectivity index (χ4v) is 5.24. The third kappa shape index (κ3) is 8.19. The first-order valence-corrected chi connectivity index (χ1v) is 12.3. The monoisotopic (exact) mass is 454 g/mol. The van der Waals surface area contributed by atoms with E-state index in [-0.39, 0.29) is 0 Å². The summed E-state index contributed by atoms with van der Waals surface area (Å²) in [6.45, 7) is 7.55. The van der Waals surface area contributed by atoms with Crippen LogP contribution >= 0.6 is 34.7 Å². The summed E-state index contributed by atoms with van der Waals surface area (Å²) in [5.41, 5.74) is 2.20. The van der Waals surface area contributed by atoms with Crippen LogP contribution in [0.5, 0.6) is 0 Å². The van der Waals surface area contributed by atoms with Crippen molar-refractivity contribution in [2.24, 2.45) is 0 Å². The van der Waals surface area contributed by atoms with E-state index in [2.05, 4.69) is 28.9 Å². The van der Waals surface area contributed by atoms with Crippen LogP contribution in [0, 0.1) is 0 Å². The van der Waals surface area contributed by atoms with Crippen molar-refractivity contribution in [2.45, 2.75) is 68.4 Å². The standard InChI is InChI=1S/C22H31ClN2O2S2/c1-4-5-6-7-8-14-25(19-11-9-17(23)10-12-19)15-13-18-16-28-21(24-18)29-22(2,3)20(26)27/h9-12,16H,4-8,13-15H2,1-3H3,(H,26,27). The van der Waals surface area contributed by atoms with Crippen LogP contribution in [-0.2, 0) is 11.2 Å². The quantitative estimate of drug-likeness (QED) is 0.267. The Morgan fingerprint density at radius 1 is 1.17 bits per heavy atom. The fourth-order valence-electron chi connectivity index (χ4n) is 2.89. The first-order valence-electron chi connectivity index (χ1n) is 10.2. The second kappa shape index (κ2) is 11.8. The lowest BCUT2D eigenvalue weighted by molar-refractivity contribution is -0.138. The molecule has 0 amide bonds. The van der Waals surface area contributed by atoms with Gasteiger partial charge in [-0.3, -0.25) is 4.79 Å². The van der Waals surface area contributed by atoms with Gasteiger partial charge in [0.1, 0.15) is 4.75 Å². The molecule has 1 heterocycles. The highest BCUT2D eigenvalue weighted by atomic mass is 35.5. The van der Waals surface area contributed by atoms with E-state index in [0.717, 1.165) is 34.6 Å². The van der Waals surface area contributed by atoms with Gasteiger partial charge in [-0.1, -0.05) is 56.0 Å². The highest BCUT2D eigenvalue weighted by molar-refractivity contribution is 8.02. The van der Waals surface area contributed by atoms with Crippen molar-refractivity contribution in [1.29, 1.82) is 0 Å². The molecule has 0 atom stereocenters. The van der Waals surface area contributed by atoms with Crippen molar-refractivity contribution in [3.63, 3.8) is 0 Å². The molecule has 4 nitrogen and oxygen atoms in total. The van der Waals surface area contributed by atoms with E-state index >= 15 is 0 Å². The van der Waals surface area contributed by atoms with E-state index in [1.165, 1.54) is 60.9 Å². The van der Waals surface area contributed by atoms with Crippen LogP contribution in [0.25, 0.3) is 0 Å². The number of anilines is 1. The number of halogens is 1. The van der Waals surface area contributed by atoms with E-state index in [1.807, 2.05) is 17.5 Å². The van der Waals surface area contributed by atoms with Crippen molar-refractivity contribution in [2.75, 3.05) is 18.0 Å². The minimum absolute atomic E-state index is 0.749. The fraction of sp³-hybridized carbons (Fsp3) is 0.545. The molecule has 0 spiro atoms. The Bertz CT molecular complexity index is 762. The Kier molecular flexibility index (Phi) is 9.80. The van der Waals surface area contributed by atoms with Crippen molar-refractivity contribution >= 4 is 46.4 Å². The summed E-state index contributed by atoms with van der Waals surface area (Å²) in [5.74, 6) is -0.823. The molecular weight excluding hydrogens is 424 g/mol. The molecule has 1 N–H and O–H groups in total. The Labute approximate surface area is 187 Å². The molecule has 0 aliphatic heterocycles. The number of aliphatic carboxylic acids is 1. The second-order valence-electron chi connectivity index (χ2n) is 7.65. The number of carbonyl (C=O) groups is 1. The molecule has 1 aromatic carbocycles. The van der Waals surface area contributed by atoms with Crippen molar-refractivity contribution < 1.29 is 9.90 Å². The van der Waals surface area contributed by atoms with Crippen molar-refractivity contribution in [3.8, 4) is 0 Å². The van der Waals surface area contributed by atoms with Gasteiger partial charge in [0.2, 0.25) is 0 Å². The van der Waals surface area contributed by atoms with Crippen LogP contribution in [0.1, 0.15) is 58.6 Å². The van der Waals surface area contributed by atoms with Gasteiger partial charge in [-0.25, -0.2) is 4.98 Å². The van der Waals surface area contributed by atoms with E-state index < -0.39 is 10.7 Å². The molecule has 0 saturated carbocycles. The van der Waals surface area contributed by atoms with E-state index in [4.69, 9.17) is 11.6 Å². The number of rotatable bonds is 13. The van der Waals surface area contributed by atoms with E-state index in [9.17, 15) is 9.90 Å². The number of thiazole rings is 1. The van der Waals surface area contributed by atoms with Gasteiger partial charge in [0.15, 0.2) is 4.34 Å². The zero-order valence-electron chi connectivity index (χ0n) is 17.5. The molecule has 160 valence electrons. The molecule has 0 aliphatic rings. The third-order valence-electron chi connectivity index (χ3n) is 4.75. The van der Waals surface area contributed by atoms with Crippen LogP contribution in [-0.4, -0.2) is 33.9 Å². The van der Waals surface area contributed by atoms with Gasteiger partial charge in [-0.2, -0.15) is 0 Å². The summed E-state index contributed by atoms with van der Waals surface area (Å²) in [7, 11) is 0. The SMILES string of the molecule is CCCCCCCN(CCc1csc(SC(C)(C)C(=O)O)n1)c1ccc(Cl)cc1. The molecule has 2 rings (SSSR count). The minimum atomic E-state index is -0.872. The number of aromatic nitrogens is 1. The largest absolute Gasteiger partial charge is 0.480 e. The average Bonchev–Trinajstić information content (AvgIpc) is 3.11. The van der Waals surface area contributed by atoms with Gasteiger partial charge >= 0.3 is 5.97 Å².